The second-order valence-corrected chi connectivity index (χ2v) is 11.3. The fourth-order valence-corrected chi connectivity index (χ4v) is 8.16. The van der Waals surface area contributed by atoms with Gasteiger partial charge in [-0.1, -0.05) is 48.4 Å². The Kier molecular flexibility index (Phi) is 4.67. The zero-order valence-corrected chi connectivity index (χ0v) is 19.3. The number of ether oxygens (including phenoxy) is 1. The van der Waals surface area contributed by atoms with Crippen molar-refractivity contribution in [3.8, 4) is 17.2 Å². The van der Waals surface area contributed by atoms with Gasteiger partial charge in [-0.15, -0.1) is 6.42 Å². The van der Waals surface area contributed by atoms with Gasteiger partial charge in [0.2, 0.25) is 0 Å². The zero-order chi connectivity index (χ0) is 22.6. The number of allylic oxidation sites excluding steroid dienone is 2. The van der Waals surface area contributed by atoms with Crippen molar-refractivity contribution in [3.05, 3.63) is 90.5 Å². The van der Waals surface area contributed by atoms with Crippen LogP contribution in [-0.4, -0.2) is 11.6 Å². The first-order chi connectivity index (χ1) is 16.1. The molecule has 2 aliphatic carbocycles. The predicted octanol–water partition coefficient (Wildman–Crippen LogP) is 7.49. The summed E-state index contributed by atoms with van der Waals surface area (Å²) in [6.45, 7) is 1.90. The van der Waals surface area contributed by atoms with Gasteiger partial charge in [-0.05, 0) is 68.0 Å². The summed E-state index contributed by atoms with van der Waals surface area (Å²) in [5.74, 6) is 3.64. The van der Waals surface area contributed by atoms with Gasteiger partial charge in [0.15, 0.2) is 19.9 Å². The highest BCUT2D eigenvalue weighted by Gasteiger charge is 2.48. The Labute approximate surface area is 196 Å². The summed E-state index contributed by atoms with van der Waals surface area (Å²) >= 11 is 0. The number of carbonyl (C=O) groups excluding carboxylic acids is 1. The van der Waals surface area contributed by atoms with Crippen LogP contribution in [0, 0.1) is 30.1 Å². The molecule has 0 N–H and O–H groups in total. The van der Waals surface area contributed by atoms with E-state index in [-0.39, 0.29) is 22.4 Å². The lowest BCUT2D eigenvalue weighted by Crippen LogP contribution is -2.40. The highest BCUT2D eigenvalue weighted by atomic mass is 32.2. The van der Waals surface area contributed by atoms with Gasteiger partial charge in [0.25, 0.3) is 0 Å². The molecule has 1 saturated carbocycles. The minimum atomic E-state index is -0.897. The van der Waals surface area contributed by atoms with Gasteiger partial charge in [0.05, 0.1) is 5.56 Å². The Bertz CT molecular complexity index is 1420. The monoisotopic (exact) mass is 449 g/mol. The van der Waals surface area contributed by atoms with E-state index in [2.05, 4.69) is 72.7 Å². The Hall–Kier alpha value is -3.35. The van der Waals surface area contributed by atoms with Crippen LogP contribution in [0.1, 0.15) is 30.1 Å². The molecule has 6 rings (SSSR count). The average Bonchev–Trinajstić information content (AvgIpc) is 3.57. The number of rotatable bonds is 4. The zero-order valence-electron chi connectivity index (χ0n) is 18.5. The molecule has 2 bridgehead atoms. The Morgan fingerprint density at radius 2 is 1.67 bits per heavy atom. The Balaban J connectivity index is 1.38. The summed E-state index contributed by atoms with van der Waals surface area (Å²) in [6.07, 6.45) is 12.6. The fourth-order valence-electron chi connectivity index (χ4n) is 5.73. The maximum absolute atomic E-state index is 13.3. The normalized spacial score (nSPS) is 23.0. The average molecular weight is 450 g/mol. The molecule has 3 heteroatoms. The van der Waals surface area contributed by atoms with Gasteiger partial charge < -0.3 is 4.74 Å². The van der Waals surface area contributed by atoms with Crippen molar-refractivity contribution in [2.24, 2.45) is 17.8 Å². The van der Waals surface area contributed by atoms with E-state index in [9.17, 15) is 4.79 Å². The van der Waals surface area contributed by atoms with Crippen molar-refractivity contribution in [1.82, 2.24) is 0 Å². The van der Waals surface area contributed by atoms with Crippen LogP contribution in [-0.2, 0) is 4.74 Å². The SMILES string of the molecule is C#CC(C)(OC(=O)c1cccc(-[s+]2c3ccccc3c3ccccc32)c1)C1CC2C=CC1C2. The molecule has 1 aromatic heterocycles. The number of fused-ring (bicyclic) bond motifs is 5. The lowest BCUT2D eigenvalue weighted by molar-refractivity contribution is -0.0144. The fraction of sp³-hybridized carbons (Fsp3) is 0.233. The minimum absolute atomic E-state index is 0.181. The molecule has 162 valence electrons. The Morgan fingerprint density at radius 3 is 2.27 bits per heavy atom. The second-order valence-electron chi connectivity index (χ2n) is 9.35. The van der Waals surface area contributed by atoms with Crippen molar-refractivity contribution in [3.63, 3.8) is 0 Å². The molecule has 3 aromatic carbocycles. The number of thiophene rings is 1. The molecule has 0 saturated heterocycles. The predicted molar refractivity (Wildman–Crippen MR) is 137 cm³/mol. The molecule has 0 radical (unpaired) electrons. The summed E-state index contributed by atoms with van der Waals surface area (Å²) in [6, 6.07) is 25.0. The molecule has 4 aromatic rings. The van der Waals surface area contributed by atoms with Crippen LogP contribution < -0.4 is 0 Å². The molecule has 1 fully saturated rings. The van der Waals surface area contributed by atoms with E-state index >= 15 is 0 Å². The summed E-state index contributed by atoms with van der Waals surface area (Å²) < 4.78 is 8.66. The van der Waals surface area contributed by atoms with E-state index < -0.39 is 5.60 Å². The van der Waals surface area contributed by atoms with Crippen LogP contribution in [0.4, 0.5) is 0 Å². The quantitative estimate of drug-likeness (QED) is 0.140. The summed E-state index contributed by atoms with van der Waals surface area (Å²) in [5.41, 5.74) is -0.339. The number of hydrogen-bond donors (Lipinski definition) is 0. The summed E-state index contributed by atoms with van der Waals surface area (Å²) in [7, 11) is -0.253. The Morgan fingerprint density at radius 1 is 0.970 bits per heavy atom. The molecule has 0 aliphatic heterocycles. The van der Waals surface area contributed by atoms with Crippen LogP contribution in [0.3, 0.4) is 0 Å². The van der Waals surface area contributed by atoms with Crippen molar-refractivity contribution < 1.29 is 9.53 Å². The van der Waals surface area contributed by atoms with Gasteiger partial charge in [0, 0.05) is 33.2 Å². The molecule has 2 aliphatic rings. The highest BCUT2D eigenvalue weighted by molar-refractivity contribution is 7.50. The second kappa shape index (κ2) is 7.61. The number of terminal acetylenes is 1. The van der Waals surface area contributed by atoms with Crippen molar-refractivity contribution in [1.29, 1.82) is 0 Å². The van der Waals surface area contributed by atoms with Crippen LogP contribution in [0.25, 0.3) is 25.1 Å². The number of carbonyl (C=O) groups is 1. The molecular weight excluding hydrogens is 424 g/mol. The van der Waals surface area contributed by atoms with Gasteiger partial charge in [-0.25, -0.2) is 4.79 Å². The van der Waals surface area contributed by atoms with Crippen molar-refractivity contribution >= 4 is 36.6 Å². The lowest BCUT2D eigenvalue weighted by Gasteiger charge is -2.34. The standard InChI is InChI=1S/C30H25O2S/c1-3-30(2,26-18-20-15-16-21(26)17-20)32-29(31)22-9-8-10-23(19-22)33-27-13-6-4-11-24(27)25-12-5-7-14-28(25)33/h1,4-16,19-21,26H,17-18H2,2H3/q+1. The molecule has 4 atom stereocenters. The van der Waals surface area contributed by atoms with Gasteiger partial charge in [0.1, 0.15) is 0 Å². The molecule has 1 heterocycles. The molecular formula is C30H25O2S+. The summed E-state index contributed by atoms with van der Waals surface area (Å²) in [4.78, 5) is 14.4. The van der Waals surface area contributed by atoms with Crippen LogP contribution >= 0.6 is 10.5 Å². The van der Waals surface area contributed by atoms with Crippen molar-refractivity contribution in [2.75, 3.05) is 0 Å². The first-order valence-electron chi connectivity index (χ1n) is 11.5. The van der Waals surface area contributed by atoms with Gasteiger partial charge in [-0.3, -0.25) is 0 Å². The van der Waals surface area contributed by atoms with Crippen LogP contribution in [0.2, 0.25) is 0 Å². The smallest absolute Gasteiger partial charge is 0.339 e. The number of esters is 1. The largest absolute Gasteiger partial charge is 0.442 e. The van der Waals surface area contributed by atoms with E-state index in [0.717, 1.165) is 17.7 Å². The number of hydrogen-bond acceptors (Lipinski definition) is 2. The molecule has 0 spiro atoms. The molecule has 33 heavy (non-hydrogen) atoms. The first kappa shape index (κ1) is 20.3. The maximum Gasteiger partial charge on any atom is 0.339 e. The number of benzene rings is 3. The summed E-state index contributed by atoms with van der Waals surface area (Å²) in [5, 5.41) is 2.54. The highest BCUT2D eigenvalue weighted by Crippen LogP contribution is 2.50. The third-order valence-electron chi connectivity index (χ3n) is 7.39. The molecule has 2 nitrogen and oxygen atoms in total. The first-order valence-corrected chi connectivity index (χ1v) is 12.7. The lowest BCUT2D eigenvalue weighted by atomic mass is 9.80. The van der Waals surface area contributed by atoms with E-state index in [0.29, 0.717) is 17.4 Å². The van der Waals surface area contributed by atoms with Crippen LogP contribution in [0.5, 0.6) is 0 Å². The maximum atomic E-state index is 13.3. The van der Waals surface area contributed by atoms with Crippen molar-refractivity contribution in [2.45, 2.75) is 25.4 Å². The van der Waals surface area contributed by atoms with E-state index in [1.54, 1.807) is 0 Å². The van der Waals surface area contributed by atoms with Gasteiger partial charge in [-0.2, -0.15) is 0 Å². The van der Waals surface area contributed by atoms with E-state index in [1.165, 1.54) is 20.2 Å². The van der Waals surface area contributed by atoms with Gasteiger partial charge >= 0.3 is 5.97 Å². The van der Waals surface area contributed by atoms with E-state index in [4.69, 9.17) is 11.2 Å². The molecule has 4 unspecified atom stereocenters. The third-order valence-corrected chi connectivity index (χ3v) is 9.70. The topological polar surface area (TPSA) is 26.3 Å². The minimum Gasteiger partial charge on any atom is -0.442 e. The molecule has 0 amide bonds. The van der Waals surface area contributed by atoms with Crippen LogP contribution in [0.15, 0.2) is 84.9 Å². The van der Waals surface area contributed by atoms with E-state index in [1.807, 2.05) is 25.1 Å². The third kappa shape index (κ3) is 3.21.